The Morgan fingerprint density at radius 3 is 2.71 bits per heavy atom. The molecule has 1 unspecified atom stereocenters. The number of nitrogens with one attached hydrogen (secondary N) is 1. The van der Waals surface area contributed by atoms with E-state index >= 15 is 0 Å². The van der Waals surface area contributed by atoms with Crippen molar-refractivity contribution >= 4 is 5.82 Å². The fourth-order valence-corrected chi connectivity index (χ4v) is 3.03. The van der Waals surface area contributed by atoms with E-state index in [4.69, 9.17) is 5.10 Å². The molecular weight excluding hydrogens is 258 g/mol. The highest BCUT2D eigenvalue weighted by molar-refractivity contribution is 5.42. The molecule has 1 aromatic heterocycles. The lowest BCUT2D eigenvalue weighted by Crippen LogP contribution is -2.24. The number of anilines is 1. The lowest BCUT2D eigenvalue weighted by atomic mass is 10.00. The zero-order valence-electron chi connectivity index (χ0n) is 13.3. The topological polar surface area (TPSA) is 29.9 Å². The molecule has 3 nitrogen and oxygen atoms in total. The van der Waals surface area contributed by atoms with Crippen molar-refractivity contribution in [2.24, 2.45) is 0 Å². The van der Waals surface area contributed by atoms with Gasteiger partial charge in [-0.05, 0) is 29.9 Å². The Kier molecular flexibility index (Phi) is 4.00. The number of fused-ring (bicyclic) bond motifs is 1. The minimum atomic E-state index is 0.365. The van der Waals surface area contributed by atoms with Crippen molar-refractivity contribution in [1.29, 1.82) is 0 Å². The fourth-order valence-electron chi connectivity index (χ4n) is 3.03. The van der Waals surface area contributed by atoms with E-state index in [1.54, 1.807) is 0 Å². The first-order valence-corrected chi connectivity index (χ1v) is 8.11. The van der Waals surface area contributed by atoms with Crippen molar-refractivity contribution in [3.63, 3.8) is 0 Å². The van der Waals surface area contributed by atoms with E-state index in [0.29, 0.717) is 12.0 Å². The van der Waals surface area contributed by atoms with Crippen LogP contribution in [0.5, 0.6) is 0 Å². The highest BCUT2D eigenvalue weighted by atomic mass is 15.4. The largest absolute Gasteiger partial charge is 0.370 e. The standard InChI is InChI=1S/C18H25N3/c1-4-5-14-6-8-15(9-7-14)17-10-11-19-18-12-16(13(2)3)20-21(17)18/h6-9,12-13,17,19H,4-5,10-11H2,1-3H3. The number of rotatable bonds is 4. The summed E-state index contributed by atoms with van der Waals surface area (Å²) < 4.78 is 2.17. The minimum Gasteiger partial charge on any atom is -0.370 e. The van der Waals surface area contributed by atoms with Gasteiger partial charge in [-0.1, -0.05) is 51.5 Å². The number of aromatic nitrogens is 2. The normalized spacial score (nSPS) is 17.6. The highest BCUT2D eigenvalue weighted by Gasteiger charge is 2.23. The first kappa shape index (κ1) is 14.2. The van der Waals surface area contributed by atoms with Crippen LogP contribution in [0.2, 0.25) is 0 Å². The molecular formula is C18H25N3. The third kappa shape index (κ3) is 2.82. The summed E-state index contributed by atoms with van der Waals surface area (Å²) in [5.74, 6) is 1.63. The molecule has 112 valence electrons. The zero-order chi connectivity index (χ0) is 14.8. The maximum absolute atomic E-state index is 4.82. The lowest BCUT2D eigenvalue weighted by molar-refractivity contribution is 0.476. The molecule has 0 saturated heterocycles. The first-order chi connectivity index (χ1) is 10.2. The van der Waals surface area contributed by atoms with Crippen LogP contribution in [-0.4, -0.2) is 16.3 Å². The predicted molar refractivity (Wildman–Crippen MR) is 88.0 cm³/mol. The molecule has 0 bridgehead atoms. The van der Waals surface area contributed by atoms with Gasteiger partial charge < -0.3 is 5.32 Å². The SMILES string of the molecule is CCCc1ccc(C2CCNc3cc(C(C)C)nn32)cc1. The Labute approximate surface area is 127 Å². The summed E-state index contributed by atoms with van der Waals surface area (Å²) in [5.41, 5.74) is 3.97. The molecule has 2 heterocycles. The van der Waals surface area contributed by atoms with Crippen molar-refractivity contribution < 1.29 is 0 Å². The Morgan fingerprint density at radius 1 is 1.29 bits per heavy atom. The van der Waals surface area contributed by atoms with E-state index in [-0.39, 0.29) is 0 Å². The second-order valence-electron chi connectivity index (χ2n) is 6.28. The molecule has 1 aromatic carbocycles. The van der Waals surface area contributed by atoms with E-state index < -0.39 is 0 Å². The maximum atomic E-state index is 4.82. The van der Waals surface area contributed by atoms with Crippen molar-refractivity contribution in [1.82, 2.24) is 9.78 Å². The van der Waals surface area contributed by atoms with Crippen LogP contribution in [0.3, 0.4) is 0 Å². The van der Waals surface area contributed by atoms with E-state index in [0.717, 1.165) is 25.2 Å². The van der Waals surface area contributed by atoms with Crippen molar-refractivity contribution in [2.45, 2.75) is 52.0 Å². The number of hydrogen-bond donors (Lipinski definition) is 1. The molecule has 0 saturated carbocycles. The maximum Gasteiger partial charge on any atom is 0.125 e. The van der Waals surface area contributed by atoms with Gasteiger partial charge in [0.05, 0.1) is 11.7 Å². The van der Waals surface area contributed by atoms with Crippen LogP contribution in [0, 0.1) is 0 Å². The number of aryl methyl sites for hydroxylation is 1. The van der Waals surface area contributed by atoms with Gasteiger partial charge in [-0.3, -0.25) is 0 Å². The van der Waals surface area contributed by atoms with Crippen molar-refractivity contribution in [3.8, 4) is 0 Å². The minimum absolute atomic E-state index is 0.365. The van der Waals surface area contributed by atoms with Gasteiger partial charge in [-0.2, -0.15) is 5.10 Å². The number of hydrogen-bond acceptors (Lipinski definition) is 2. The van der Waals surface area contributed by atoms with Crippen molar-refractivity contribution in [2.75, 3.05) is 11.9 Å². The molecule has 1 N–H and O–H groups in total. The summed E-state index contributed by atoms with van der Waals surface area (Å²) in [6, 6.07) is 11.7. The van der Waals surface area contributed by atoms with Crippen LogP contribution in [0.25, 0.3) is 0 Å². The summed E-state index contributed by atoms with van der Waals surface area (Å²) in [5, 5.41) is 8.29. The van der Waals surface area contributed by atoms with Crippen LogP contribution < -0.4 is 5.32 Å². The van der Waals surface area contributed by atoms with Crippen LogP contribution >= 0.6 is 0 Å². The van der Waals surface area contributed by atoms with E-state index in [1.807, 2.05) is 0 Å². The molecule has 1 aliphatic heterocycles. The average molecular weight is 283 g/mol. The Balaban J connectivity index is 1.90. The summed E-state index contributed by atoms with van der Waals surface area (Å²) in [7, 11) is 0. The first-order valence-electron chi connectivity index (χ1n) is 8.11. The molecule has 1 aliphatic rings. The second-order valence-corrected chi connectivity index (χ2v) is 6.28. The Hall–Kier alpha value is -1.77. The molecule has 0 aliphatic carbocycles. The molecule has 0 spiro atoms. The molecule has 21 heavy (non-hydrogen) atoms. The van der Waals surface area contributed by atoms with Crippen LogP contribution in [0.15, 0.2) is 30.3 Å². The molecule has 3 heteroatoms. The Morgan fingerprint density at radius 2 is 2.05 bits per heavy atom. The van der Waals surface area contributed by atoms with Gasteiger partial charge in [-0.15, -0.1) is 0 Å². The van der Waals surface area contributed by atoms with E-state index in [9.17, 15) is 0 Å². The predicted octanol–water partition coefficient (Wildman–Crippen LogP) is 4.36. The summed E-state index contributed by atoms with van der Waals surface area (Å²) >= 11 is 0. The van der Waals surface area contributed by atoms with Gasteiger partial charge in [-0.25, -0.2) is 4.68 Å². The van der Waals surface area contributed by atoms with Gasteiger partial charge in [0.2, 0.25) is 0 Å². The summed E-state index contributed by atoms with van der Waals surface area (Å²) in [6.07, 6.45) is 3.46. The molecule has 0 radical (unpaired) electrons. The van der Waals surface area contributed by atoms with Gasteiger partial charge >= 0.3 is 0 Å². The van der Waals surface area contributed by atoms with Crippen molar-refractivity contribution in [3.05, 3.63) is 47.2 Å². The Bertz CT molecular complexity index is 595. The van der Waals surface area contributed by atoms with Gasteiger partial charge in [0.25, 0.3) is 0 Å². The number of benzene rings is 1. The third-order valence-electron chi connectivity index (χ3n) is 4.27. The molecule has 1 atom stereocenters. The third-order valence-corrected chi connectivity index (χ3v) is 4.27. The van der Waals surface area contributed by atoms with Gasteiger partial charge in [0.15, 0.2) is 0 Å². The van der Waals surface area contributed by atoms with Crippen LogP contribution in [-0.2, 0) is 6.42 Å². The fraction of sp³-hybridized carbons (Fsp3) is 0.500. The number of nitrogens with zero attached hydrogens (tertiary/aromatic N) is 2. The highest BCUT2D eigenvalue weighted by Crippen LogP contribution is 2.31. The van der Waals surface area contributed by atoms with E-state index in [2.05, 4.69) is 61.1 Å². The molecule has 2 aromatic rings. The van der Waals surface area contributed by atoms with E-state index in [1.165, 1.54) is 23.2 Å². The van der Waals surface area contributed by atoms with Crippen LogP contribution in [0.1, 0.15) is 62.4 Å². The molecule has 3 rings (SSSR count). The van der Waals surface area contributed by atoms with Crippen LogP contribution in [0.4, 0.5) is 5.82 Å². The monoisotopic (exact) mass is 283 g/mol. The zero-order valence-corrected chi connectivity index (χ0v) is 13.3. The molecule has 0 fully saturated rings. The smallest absolute Gasteiger partial charge is 0.125 e. The second kappa shape index (κ2) is 5.92. The average Bonchev–Trinajstić information content (AvgIpc) is 2.93. The lowest BCUT2D eigenvalue weighted by Gasteiger charge is -2.26. The quantitative estimate of drug-likeness (QED) is 0.903. The van der Waals surface area contributed by atoms with Gasteiger partial charge in [0.1, 0.15) is 5.82 Å². The summed E-state index contributed by atoms with van der Waals surface area (Å²) in [4.78, 5) is 0. The summed E-state index contributed by atoms with van der Waals surface area (Å²) in [6.45, 7) is 7.64. The van der Waals surface area contributed by atoms with Gasteiger partial charge in [0, 0.05) is 12.6 Å². The molecule has 0 amide bonds.